The van der Waals surface area contributed by atoms with Crippen LogP contribution in [-0.2, 0) is 16.4 Å². The minimum Gasteiger partial charge on any atom is -0.493 e. The molecule has 5 nitrogen and oxygen atoms in total. The normalized spacial score (nSPS) is 11.8. The predicted molar refractivity (Wildman–Crippen MR) is 99.0 cm³/mol. The van der Waals surface area contributed by atoms with E-state index in [0.29, 0.717) is 22.8 Å². The summed E-state index contributed by atoms with van der Waals surface area (Å²) in [6, 6.07) is 14.3. The number of sulfone groups is 1. The van der Waals surface area contributed by atoms with Crippen molar-refractivity contribution in [2.45, 2.75) is 25.0 Å². The topological polar surface area (TPSA) is 61.2 Å². The first-order valence-corrected chi connectivity index (χ1v) is 10.1. The molecule has 0 N–H and O–H groups in total. The number of fused-ring (bicyclic) bond motifs is 1. The summed E-state index contributed by atoms with van der Waals surface area (Å²) in [7, 11) is -3.55. The second-order valence-corrected chi connectivity index (χ2v) is 8.10. The highest BCUT2D eigenvalue weighted by molar-refractivity contribution is 7.91. The summed E-state index contributed by atoms with van der Waals surface area (Å²) in [4.78, 5) is 4.34. The van der Waals surface area contributed by atoms with Crippen molar-refractivity contribution in [2.75, 3.05) is 12.4 Å². The standard InChI is InChI=1S/C18H19ClN2O3S/c1-2-11-21-17-6-4-3-5-16(17)20-18(21)25(22,23)13-12-24-15-9-7-14(19)8-10-15/h3-10H,2,11-13H2,1H3. The zero-order valence-corrected chi connectivity index (χ0v) is 15.4. The maximum Gasteiger partial charge on any atom is 0.228 e. The van der Waals surface area contributed by atoms with E-state index in [9.17, 15) is 8.42 Å². The summed E-state index contributed by atoms with van der Waals surface area (Å²) >= 11 is 5.82. The first-order valence-electron chi connectivity index (χ1n) is 8.07. The molecule has 0 atom stereocenters. The van der Waals surface area contributed by atoms with E-state index < -0.39 is 9.84 Å². The molecule has 0 aliphatic rings. The van der Waals surface area contributed by atoms with Crippen LogP contribution in [0.15, 0.2) is 53.7 Å². The van der Waals surface area contributed by atoms with Crippen LogP contribution in [0.3, 0.4) is 0 Å². The van der Waals surface area contributed by atoms with Crippen LogP contribution in [0.2, 0.25) is 5.02 Å². The van der Waals surface area contributed by atoms with Crippen LogP contribution in [0.25, 0.3) is 11.0 Å². The van der Waals surface area contributed by atoms with E-state index in [-0.39, 0.29) is 17.5 Å². The number of nitrogens with zero attached hydrogens (tertiary/aromatic N) is 2. The molecule has 0 unspecified atom stereocenters. The smallest absolute Gasteiger partial charge is 0.228 e. The first-order chi connectivity index (χ1) is 12.0. The number of benzene rings is 2. The lowest BCUT2D eigenvalue weighted by Gasteiger charge is -2.09. The maximum atomic E-state index is 12.8. The summed E-state index contributed by atoms with van der Waals surface area (Å²) in [5, 5.41) is 0.712. The van der Waals surface area contributed by atoms with Gasteiger partial charge >= 0.3 is 0 Å². The Kier molecular flexibility index (Phi) is 5.30. The van der Waals surface area contributed by atoms with E-state index in [4.69, 9.17) is 16.3 Å². The Morgan fingerprint density at radius 2 is 1.84 bits per heavy atom. The van der Waals surface area contributed by atoms with Gasteiger partial charge in [0.25, 0.3) is 0 Å². The Hall–Kier alpha value is -2.05. The average Bonchev–Trinajstić information content (AvgIpc) is 2.97. The van der Waals surface area contributed by atoms with Gasteiger partial charge in [0.15, 0.2) is 0 Å². The number of halogens is 1. The number of hydrogen-bond donors (Lipinski definition) is 0. The molecule has 1 heterocycles. The molecule has 3 aromatic rings. The summed E-state index contributed by atoms with van der Waals surface area (Å²) in [6.45, 7) is 2.67. The van der Waals surface area contributed by atoms with Gasteiger partial charge in [0.2, 0.25) is 15.0 Å². The summed E-state index contributed by atoms with van der Waals surface area (Å²) in [5.74, 6) is 0.449. The zero-order chi connectivity index (χ0) is 17.9. The van der Waals surface area contributed by atoms with Crippen molar-refractivity contribution in [1.29, 1.82) is 0 Å². The predicted octanol–water partition coefficient (Wildman–Crippen LogP) is 3.95. The number of para-hydroxylation sites is 2. The monoisotopic (exact) mass is 378 g/mol. The van der Waals surface area contributed by atoms with Crippen LogP contribution < -0.4 is 4.74 Å². The molecule has 0 saturated heterocycles. The molecule has 0 fully saturated rings. The van der Waals surface area contributed by atoms with E-state index >= 15 is 0 Å². The molecule has 0 amide bonds. The fraction of sp³-hybridized carbons (Fsp3) is 0.278. The van der Waals surface area contributed by atoms with E-state index in [1.807, 2.05) is 31.2 Å². The van der Waals surface area contributed by atoms with Crippen LogP contribution in [-0.4, -0.2) is 30.3 Å². The lowest BCUT2D eigenvalue weighted by atomic mass is 10.3. The Morgan fingerprint density at radius 1 is 1.12 bits per heavy atom. The Bertz CT molecular complexity index is 966. The Labute approximate surface area is 152 Å². The summed E-state index contributed by atoms with van der Waals surface area (Å²) in [5.41, 5.74) is 1.52. The van der Waals surface area contributed by atoms with Crippen molar-refractivity contribution in [3.8, 4) is 5.75 Å². The van der Waals surface area contributed by atoms with Gasteiger partial charge in [-0.2, -0.15) is 0 Å². The number of imidazole rings is 1. The molecular weight excluding hydrogens is 360 g/mol. The third kappa shape index (κ3) is 3.96. The van der Waals surface area contributed by atoms with Crippen LogP contribution >= 0.6 is 11.6 Å². The van der Waals surface area contributed by atoms with Crippen LogP contribution in [0.5, 0.6) is 5.75 Å². The highest BCUT2D eigenvalue weighted by atomic mass is 35.5. The molecule has 0 spiro atoms. The van der Waals surface area contributed by atoms with E-state index in [1.165, 1.54) is 0 Å². The van der Waals surface area contributed by atoms with Gasteiger partial charge in [0, 0.05) is 11.6 Å². The number of hydrogen-bond acceptors (Lipinski definition) is 4. The molecule has 0 saturated carbocycles. The maximum absolute atomic E-state index is 12.8. The molecule has 132 valence electrons. The van der Waals surface area contributed by atoms with Gasteiger partial charge in [-0.15, -0.1) is 0 Å². The first kappa shape index (κ1) is 17.8. The molecule has 2 aromatic carbocycles. The fourth-order valence-electron chi connectivity index (χ4n) is 2.62. The molecule has 25 heavy (non-hydrogen) atoms. The summed E-state index contributed by atoms with van der Waals surface area (Å²) in [6.07, 6.45) is 0.824. The van der Waals surface area contributed by atoms with Gasteiger partial charge in [-0.1, -0.05) is 30.7 Å². The third-order valence-electron chi connectivity index (χ3n) is 3.78. The zero-order valence-electron chi connectivity index (χ0n) is 13.9. The molecule has 0 bridgehead atoms. The fourth-order valence-corrected chi connectivity index (χ4v) is 4.00. The third-order valence-corrected chi connectivity index (χ3v) is 5.60. The number of aromatic nitrogens is 2. The van der Waals surface area contributed by atoms with Gasteiger partial charge in [-0.05, 0) is 42.8 Å². The van der Waals surface area contributed by atoms with E-state index in [2.05, 4.69) is 4.98 Å². The lowest BCUT2D eigenvalue weighted by Crippen LogP contribution is -2.18. The van der Waals surface area contributed by atoms with Crippen LogP contribution in [0.1, 0.15) is 13.3 Å². The molecular formula is C18H19ClN2O3S. The van der Waals surface area contributed by atoms with Crippen molar-refractivity contribution >= 4 is 32.5 Å². The number of rotatable bonds is 7. The molecule has 1 aromatic heterocycles. The Balaban J connectivity index is 1.80. The highest BCUT2D eigenvalue weighted by Crippen LogP contribution is 2.21. The summed E-state index contributed by atoms with van der Waals surface area (Å²) < 4.78 is 32.8. The van der Waals surface area contributed by atoms with Gasteiger partial charge in [-0.3, -0.25) is 0 Å². The molecule has 3 rings (SSSR count). The van der Waals surface area contributed by atoms with Gasteiger partial charge < -0.3 is 9.30 Å². The molecule has 0 aliphatic heterocycles. The van der Waals surface area contributed by atoms with Gasteiger partial charge in [0.05, 0.1) is 16.8 Å². The molecule has 7 heteroatoms. The second-order valence-electron chi connectivity index (χ2n) is 5.66. The van der Waals surface area contributed by atoms with Crippen molar-refractivity contribution in [1.82, 2.24) is 9.55 Å². The van der Waals surface area contributed by atoms with E-state index in [1.54, 1.807) is 28.8 Å². The Morgan fingerprint density at radius 3 is 2.56 bits per heavy atom. The van der Waals surface area contributed by atoms with Gasteiger partial charge in [0.1, 0.15) is 12.4 Å². The van der Waals surface area contributed by atoms with E-state index in [0.717, 1.165) is 11.9 Å². The quantitative estimate of drug-likeness (QED) is 0.624. The molecule has 0 aliphatic carbocycles. The highest BCUT2D eigenvalue weighted by Gasteiger charge is 2.23. The lowest BCUT2D eigenvalue weighted by molar-refractivity contribution is 0.340. The van der Waals surface area contributed by atoms with Crippen LogP contribution in [0, 0.1) is 0 Å². The SMILES string of the molecule is CCCn1c(S(=O)(=O)CCOc2ccc(Cl)cc2)nc2ccccc21. The minimum atomic E-state index is -3.55. The van der Waals surface area contributed by atoms with Gasteiger partial charge in [-0.25, -0.2) is 13.4 Å². The van der Waals surface area contributed by atoms with Crippen molar-refractivity contribution in [3.63, 3.8) is 0 Å². The van der Waals surface area contributed by atoms with Crippen molar-refractivity contribution in [2.24, 2.45) is 0 Å². The average molecular weight is 379 g/mol. The minimum absolute atomic E-state index is 0.0549. The largest absolute Gasteiger partial charge is 0.493 e. The van der Waals surface area contributed by atoms with Crippen molar-refractivity contribution < 1.29 is 13.2 Å². The number of aryl methyl sites for hydroxylation is 1. The second kappa shape index (κ2) is 7.45. The number of ether oxygens (including phenoxy) is 1. The van der Waals surface area contributed by atoms with Crippen LogP contribution in [0.4, 0.5) is 0 Å². The van der Waals surface area contributed by atoms with Crippen molar-refractivity contribution in [3.05, 3.63) is 53.6 Å². The molecule has 0 radical (unpaired) electrons.